The number of ether oxygens (including phenoxy) is 2. The Morgan fingerprint density at radius 1 is 1.21 bits per heavy atom. The zero-order chi connectivity index (χ0) is 14.6. The van der Waals surface area contributed by atoms with Crippen LogP contribution in [-0.2, 0) is 27.6 Å². The van der Waals surface area contributed by atoms with Crippen LogP contribution in [-0.4, -0.2) is 61.7 Å². The Balaban J connectivity index is 2.54. The van der Waals surface area contributed by atoms with Crippen LogP contribution < -0.4 is 0 Å². The fourth-order valence-electron chi connectivity index (χ4n) is 1.58. The van der Waals surface area contributed by atoms with Crippen LogP contribution in [0.3, 0.4) is 0 Å². The van der Waals surface area contributed by atoms with Crippen LogP contribution in [0.1, 0.15) is 13.8 Å². The maximum Gasteiger partial charge on any atom is 0.474 e. The van der Waals surface area contributed by atoms with E-state index in [9.17, 15) is 14.8 Å². The molecule has 0 aromatic rings. The minimum absolute atomic E-state index is 0.171. The third kappa shape index (κ3) is 4.47. The van der Waals surface area contributed by atoms with Crippen molar-refractivity contribution >= 4 is 7.82 Å². The third-order valence-corrected chi connectivity index (χ3v) is 3.93. The third-order valence-electron chi connectivity index (χ3n) is 2.57. The van der Waals surface area contributed by atoms with Crippen LogP contribution in [0.4, 0.5) is 0 Å². The van der Waals surface area contributed by atoms with Crippen molar-refractivity contribution in [2.45, 2.75) is 44.6 Å². The van der Waals surface area contributed by atoms with Crippen LogP contribution in [0.5, 0.6) is 0 Å². The van der Waals surface area contributed by atoms with Crippen LogP contribution in [0, 0.1) is 0 Å². The molecule has 0 aromatic carbocycles. The number of hydrogen-bond donors (Lipinski definition) is 2. The molecule has 1 saturated heterocycles. The molecule has 0 unspecified atom stereocenters. The zero-order valence-corrected chi connectivity index (χ0v) is 12.3. The average Bonchev–Trinajstić information content (AvgIpc) is 2.63. The fraction of sp³-hybridized carbons (Fsp3) is 1.00. The SMILES string of the molecule is COP(=O)(OC)OC[C@H]1O[C@@H](OC(C)C)[C@H](O)[C@@H]1O. The van der Waals surface area contributed by atoms with Crippen molar-refractivity contribution < 1.29 is 37.8 Å². The smallest absolute Gasteiger partial charge is 0.387 e. The molecule has 1 aliphatic rings. The number of hydrogen-bond acceptors (Lipinski definition) is 8. The van der Waals surface area contributed by atoms with Gasteiger partial charge in [0.15, 0.2) is 6.29 Å². The largest absolute Gasteiger partial charge is 0.474 e. The van der Waals surface area contributed by atoms with Gasteiger partial charge >= 0.3 is 7.82 Å². The summed E-state index contributed by atoms with van der Waals surface area (Å²) in [4.78, 5) is 0. The summed E-state index contributed by atoms with van der Waals surface area (Å²) in [5.74, 6) is 0. The number of rotatable bonds is 7. The second-order valence-corrected chi connectivity index (χ2v) is 6.20. The van der Waals surface area contributed by atoms with Gasteiger partial charge in [-0.2, -0.15) is 0 Å². The summed E-state index contributed by atoms with van der Waals surface area (Å²) in [7, 11) is -1.29. The van der Waals surface area contributed by atoms with Crippen molar-refractivity contribution in [2.75, 3.05) is 20.8 Å². The fourth-order valence-corrected chi connectivity index (χ4v) is 2.27. The average molecular weight is 300 g/mol. The highest BCUT2D eigenvalue weighted by molar-refractivity contribution is 7.48. The van der Waals surface area contributed by atoms with Crippen molar-refractivity contribution in [1.29, 1.82) is 0 Å². The van der Waals surface area contributed by atoms with E-state index in [1.165, 1.54) is 14.2 Å². The molecule has 19 heavy (non-hydrogen) atoms. The van der Waals surface area contributed by atoms with Gasteiger partial charge in [-0.05, 0) is 13.8 Å². The lowest BCUT2D eigenvalue weighted by Gasteiger charge is -2.18. The molecule has 9 heteroatoms. The summed E-state index contributed by atoms with van der Waals surface area (Å²) in [5, 5.41) is 19.5. The van der Waals surface area contributed by atoms with E-state index < -0.39 is 32.4 Å². The van der Waals surface area contributed by atoms with Gasteiger partial charge in [0.25, 0.3) is 0 Å². The van der Waals surface area contributed by atoms with Crippen molar-refractivity contribution in [2.24, 2.45) is 0 Å². The minimum Gasteiger partial charge on any atom is -0.387 e. The highest BCUT2D eigenvalue weighted by atomic mass is 31.2. The number of aliphatic hydroxyl groups excluding tert-OH is 2. The Kier molecular flexibility index (Phi) is 6.35. The number of aliphatic hydroxyl groups is 2. The lowest BCUT2D eigenvalue weighted by atomic mass is 10.1. The summed E-state index contributed by atoms with van der Waals surface area (Å²) >= 11 is 0. The maximum atomic E-state index is 11.7. The first-order valence-corrected chi connectivity index (χ1v) is 7.32. The first kappa shape index (κ1) is 17.0. The van der Waals surface area contributed by atoms with Gasteiger partial charge in [0, 0.05) is 14.2 Å². The first-order valence-electron chi connectivity index (χ1n) is 5.86. The number of phosphoric acid groups is 1. The van der Waals surface area contributed by atoms with Gasteiger partial charge in [0.05, 0.1) is 12.7 Å². The predicted molar refractivity (Wildman–Crippen MR) is 64.5 cm³/mol. The standard InChI is InChI=1S/C10H21O8P/c1-6(2)17-10-9(12)8(11)7(18-10)5-16-19(13,14-3)15-4/h6-12H,5H2,1-4H3/t7-,8-,9-,10-/m1/s1. The second-order valence-electron chi connectivity index (χ2n) is 4.32. The van der Waals surface area contributed by atoms with Gasteiger partial charge in [-0.25, -0.2) is 4.57 Å². The van der Waals surface area contributed by atoms with Gasteiger partial charge in [-0.3, -0.25) is 13.6 Å². The summed E-state index contributed by atoms with van der Waals surface area (Å²) in [6.45, 7) is 3.29. The molecular weight excluding hydrogens is 279 g/mol. The molecule has 0 bridgehead atoms. The molecule has 0 radical (unpaired) electrons. The van der Waals surface area contributed by atoms with Gasteiger partial charge < -0.3 is 19.7 Å². The van der Waals surface area contributed by atoms with E-state index in [0.717, 1.165) is 0 Å². The molecule has 0 aliphatic carbocycles. The van der Waals surface area contributed by atoms with Crippen LogP contribution in [0.2, 0.25) is 0 Å². The van der Waals surface area contributed by atoms with Crippen molar-refractivity contribution in [3.63, 3.8) is 0 Å². The topological polar surface area (TPSA) is 104 Å². The molecule has 4 atom stereocenters. The van der Waals surface area contributed by atoms with Gasteiger partial charge in [-0.15, -0.1) is 0 Å². The molecule has 1 fully saturated rings. The minimum atomic E-state index is -3.64. The van der Waals surface area contributed by atoms with Gasteiger partial charge in [0.2, 0.25) is 0 Å². The highest BCUT2D eigenvalue weighted by Gasteiger charge is 2.44. The zero-order valence-electron chi connectivity index (χ0n) is 11.4. The Morgan fingerprint density at radius 3 is 2.26 bits per heavy atom. The Labute approximate surface area is 112 Å². The summed E-state index contributed by atoms with van der Waals surface area (Å²) < 4.78 is 36.4. The quantitative estimate of drug-likeness (QED) is 0.646. The second kappa shape index (κ2) is 7.10. The van der Waals surface area contributed by atoms with Crippen LogP contribution >= 0.6 is 7.82 Å². The van der Waals surface area contributed by atoms with Crippen molar-refractivity contribution in [3.8, 4) is 0 Å². The molecular formula is C10H21O8P. The van der Waals surface area contributed by atoms with E-state index in [4.69, 9.17) is 14.0 Å². The van der Waals surface area contributed by atoms with E-state index in [0.29, 0.717) is 0 Å². The van der Waals surface area contributed by atoms with Crippen LogP contribution in [0.25, 0.3) is 0 Å². The summed E-state index contributed by atoms with van der Waals surface area (Å²) in [6.07, 6.45) is -4.40. The summed E-state index contributed by atoms with van der Waals surface area (Å²) in [5.41, 5.74) is 0. The first-order chi connectivity index (χ1) is 8.83. The van der Waals surface area contributed by atoms with Gasteiger partial charge in [-0.1, -0.05) is 0 Å². The van der Waals surface area contributed by atoms with Crippen molar-refractivity contribution in [3.05, 3.63) is 0 Å². The van der Waals surface area contributed by atoms with Gasteiger partial charge in [0.1, 0.15) is 18.3 Å². The maximum absolute atomic E-state index is 11.7. The molecule has 114 valence electrons. The molecule has 0 saturated carbocycles. The molecule has 0 spiro atoms. The molecule has 0 aromatic heterocycles. The molecule has 8 nitrogen and oxygen atoms in total. The van der Waals surface area contributed by atoms with Crippen molar-refractivity contribution in [1.82, 2.24) is 0 Å². The molecule has 1 heterocycles. The predicted octanol–water partition coefficient (Wildman–Crippen LogP) is 0.276. The molecule has 1 rings (SSSR count). The van der Waals surface area contributed by atoms with E-state index in [-0.39, 0.29) is 12.7 Å². The van der Waals surface area contributed by atoms with E-state index in [2.05, 4.69) is 9.05 Å². The Bertz CT molecular complexity index is 315. The van der Waals surface area contributed by atoms with E-state index >= 15 is 0 Å². The lowest BCUT2D eigenvalue weighted by molar-refractivity contribution is -0.186. The molecule has 0 amide bonds. The molecule has 1 aliphatic heterocycles. The van der Waals surface area contributed by atoms with E-state index in [1.807, 2.05) is 0 Å². The normalized spacial score (nSPS) is 32.2. The monoisotopic (exact) mass is 300 g/mol. The molecule has 2 N–H and O–H groups in total. The number of phosphoric ester groups is 1. The highest BCUT2D eigenvalue weighted by Crippen LogP contribution is 2.48. The van der Waals surface area contributed by atoms with Crippen LogP contribution in [0.15, 0.2) is 0 Å². The lowest BCUT2D eigenvalue weighted by Crippen LogP contribution is -2.35. The summed E-state index contributed by atoms with van der Waals surface area (Å²) in [6, 6.07) is 0. The Hall–Kier alpha value is -0.0500. The Morgan fingerprint density at radius 2 is 1.79 bits per heavy atom. The van der Waals surface area contributed by atoms with E-state index in [1.54, 1.807) is 13.8 Å².